The van der Waals surface area contributed by atoms with Crippen LogP contribution in [0, 0.1) is 30.1 Å². The molecule has 7 heteroatoms. The zero-order valence-corrected chi connectivity index (χ0v) is 18.8. The summed E-state index contributed by atoms with van der Waals surface area (Å²) in [6, 6.07) is 7.74. The van der Waals surface area contributed by atoms with E-state index in [0.29, 0.717) is 0 Å². The maximum atomic E-state index is 13.0. The molecule has 158 valence electrons. The molecular weight excluding hydrogens is 414 g/mol. The number of thiazole rings is 1. The van der Waals surface area contributed by atoms with Gasteiger partial charge in [0.25, 0.3) is 0 Å². The molecule has 0 atom stereocenters. The molecular formula is C23H27N3O2S2. The van der Waals surface area contributed by atoms with Crippen LogP contribution in [0.5, 0.6) is 0 Å². The molecule has 5 nitrogen and oxygen atoms in total. The van der Waals surface area contributed by atoms with Crippen molar-refractivity contribution in [2.24, 2.45) is 23.2 Å². The Labute approximate surface area is 185 Å². The molecule has 4 saturated carbocycles. The fourth-order valence-corrected chi connectivity index (χ4v) is 7.84. The third kappa shape index (κ3) is 4.14. The Balaban J connectivity index is 1.12. The molecule has 2 aromatic rings. The molecule has 6 rings (SSSR count). The standard InChI is InChI=1S/C23H27N3O2S2/c1-14-13-29-22(25-14)30-19-4-2-18(3-5-19)26-20(27)12-24-21(28)23-9-15-6-16(10-23)8-17(7-15)11-23/h2-5,13,15-17H,6-12H2,1H3,(H,24,28)(H,26,27). The SMILES string of the molecule is Cc1csc(Sc2ccc(NC(=O)CNC(=O)C34CC5CC(CC(C5)C3)C4)cc2)n1. The van der Waals surface area contributed by atoms with E-state index in [4.69, 9.17) is 0 Å². The Kier molecular flexibility index (Phi) is 5.35. The van der Waals surface area contributed by atoms with E-state index in [-0.39, 0.29) is 23.8 Å². The molecule has 4 aliphatic carbocycles. The van der Waals surface area contributed by atoms with Gasteiger partial charge in [-0.25, -0.2) is 4.98 Å². The highest BCUT2D eigenvalue weighted by molar-refractivity contribution is 8.01. The average Bonchev–Trinajstić information content (AvgIpc) is 3.11. The number of rotatable bonds is 6. The molecule has 4 fully saturated rings. The van der Waals surface area contributed by atoms with E-state index >= 15 is 0 Å². The molecule has 2 amide bonds. The van der Waals surface area contributed by atoms with Crippen LogP contribution in [0.3, 0.4) is 0 Å². The number of benzene rings is 1. The van der Waals surface area contributed by atoms with E-state index in [1.807, 2.05) is 36.6 Å². The summed E-state index contributed by atoms with van der Waals surface area (Å²) in [5.41, 5.74) is 1.56. The number of aromatic nitrogens is 1. The van der Waals surface area contributed by atoms with Crippen molar-refractivity contribution in [2.45, 2.75) is 54.7 Å². The Morgan fingerprint density at radius 3 is 2.30 bits per heavy atom. The molecule has 2 N–H and O–H groups in total. The van der Waals surface area contributed by atoms with Crippen molar-refractivity contribution in [1.29, 1.82) is 0 Å². The van der Waals surface area contributed by atoms with Gasteiger partial charge in [0, 0.05) is 27.1 Å². The monoisotopic (exact) mass is 441 g/mol. The number of aryl methyl sites for hydroxylation is 1. The predicted molar refractivity (Wildman–Crippen MR) is 120 cm³/mol. The van der Waals surface area contributed by atoms with Gasteiger partial charge in [-0.3, -0.25) is 9.59 Å². The maximum absolute atomic E-state index is 13.0. The number of anilines is 1. The number of carbonyl (C=O) groups excluding carboxylic acids is 2. The highest BCUT2D eigenvalue weighted by Gasteiger charge is 2.54. The fourth-order valence-electron chi connectivity index (χ4n) is 6.03. The van der Waals surface area contributed by atoms with Crippen LogP contribution in [0.25, 0.3) is 0 Å². The number of amides is 2. The number of carbonyl (C=O) groups is 2. The minimum atomic E-state index is -0.206. The Morgan fingerprint density at radius 1 is 1.10 bits per heavy atom. The lowest BCUT2D eigenvalue weighted by Gasteiger charge is -2.55. The van der Waals surface area contributed by atoms with E-state index in [0.717, 1.165) is 57.6 Å². The van der Waals surface area contributed by atoms with E-state index in [1.54, 1.807) is 23.1 Å². The Morgan fingerprint density at radius 2 is 1.73 bits per heavy atom. The second-order valence-corrected chi connectivity index (χ2v) is 11.5. The normalized spacial score (nSPS) is 29.0. The topological polar surface area (TPSA) is 71.1 Å². The van der Waals surface area contributed by atoms with Gasteiger partial charge in [-0.1, -0.05) is 11.8 Å². The van der Waals surface area contributed by atoms with Crippen molar-refractivity contribution >= 4 is 40.6 Å². The van der Waals surface area contributed by atoms with Crippen molar-refractivity contribution < 1.29 is 9.59 Å². The summed E-state index contributed by atoms with van der Waals surface area (Å²) in [4.78, 5) is 30.9. The predicted octanol–water partition coefficient (Wildman–Crippen LogP) is 4.87. The molecule has 1 aromatic heterocycles. The summed E-state index contributed by atoms with van der Waals surface area (Å²) in [5, 5.41) is 7.87. The molecule has 0 unspecified atom stereocenters. The van der Waals surface area contributed by atoms with E-state index in [1.165, 1.54) is 19.3 Å². The molecule has 0 saturated heterocycles. The second kappa shape index (κ2) is 8.00. The minimum absolute atomic E-state index is 0.0372. The summed E-state index contributed by atoms with van der Waals surface area (Å²) in [6.45, 7) is 2.02. The van der Waals surface area contributed by atoms with Crippen LogP contribution in [-0.2, 0) is 9.59 Å². The van der Waals surface area contributed by atoms with Crippen LogP contribution < -0.4 is 10.6 Å². The van der Waals surface area contributed by atoms with Crippen molar-refractivity contribution in [3.05, 3.63) is 35.3 Å². The quantitative estimate of drug-likeness (QED) is 0.671. The number of nitrogens with one attached hydrogen (secondary N) is 2. The highest BCUT2D eigenvalue weighted by atomic mass is 32.2. The largest absolute Gasteiger partial charge is 0.347 e. The van der Waals surface area contributed by atoms with Gasteiger partial charge in [0.05, 0.1) is 6.54 Å². The van der Waals surface area contributed by atoms with E-state index in [9.17, 15) is 9.59 Å². The molecule has 1 heterocycles. The lowest BCUT2D eigenvalue weighted by molar-refractivity contribution is -0.146. The van der Waals surface area contributed by atoms with E-state index in [2.05, 4.69) is 15.6 Å². The van der Waals surface area contributed by atoms with Crippen LogP contribution >= 0.6 is 23.1 Å². The van der Waals surface area contributed by atoms with Crippen molar-refractivity contribution in [3.63, 3.8) is 0 Å². The zero-order valence-electron chi connectivity index (χ0n) is 17.1. The summed E-state index contributed by atoms with van der Waals surface area (Å²) < 4.78 is 1.01. The fraction of sp³-hybridized carbons (Fsp3) is 0.522. The average molecular weight is 442 g/mol. The smallest absolute Gasteiger partial charge is 0.243 e. The van der Waals surface area contributed by atoms with Crippen LogP contribution in [0.2, 0.25) is 0 Å². The van der Waals surface area contributed by atoms with Gasteiger partial charge in [-0.15, -0.1) is 11.3 Å². The molecule has 1 aromatic carbocycles. The van der Waals surface area contributed by atoms with Crippen molar-refractivity contribution in [1.82, 2.24) is 10.3 Å². The minimum Gasteiger partial charge on any atom is -0.347 e. The Bertz CT molecular complexity index is 918. The summed E-state index contributed by atoms with van der Waals surface area (Å²) in [6.07, 6.45) is 6.98. The number of hydrogen-bond donors (Lipinski definition) is 2. The zero-order chi connectivity index (χ0) is 20.7. The molecule has 0 aliphatic heterocycles. The van der Waals surface area contributed by atoms with Crippen LogP contribution in [0.1, 0.15) is 44.2 Å². The van der Waals surface area contributed by atoms with Gasteiger partial charge in [0.15, 0.2) is 4.34 Å². The molecule has 30 heavy (non-hydrogen) atoms. The molecule has 0 radical (unpaired) electrons. The summed E-state index contributed by atoms with van der Waals surface area (Å²) in [5.74, 6) is 2.09. The maximum Gasteiger partial charge on any atom is 0.243 e. The van der Waals surface area contributed by atoms with E-state index < -0.39 is 0 Å². The van der Waals surface area contributed by atoms with Crippen LogP contribution in [0.4, 0.5) is 5.69 Å². The lowest BCUT2D eigenvalue weighted by atomic mass is 9.49. The first-order chi connectivity index (χ1) is 14.5. The third-order valence-corrected chi connectivity index (χ3v) is 8.93. The van der Waals surface area contributed by atoms with Crippen LogP contribution in [-0.4, -0.2) is 23.3 Å². The lowest BCUT2D eigenvalue weighted by Crippen LogP contribution is -2.54. The Hall–Kier alpha value is -1.86. The molecule has 4 aliphatic rings. The number of nitrogens with zero attached hydrogens (tertiary/aromatic N) is 1. The summed E-state index contributed by atoms with van der Waals surface area (Å²) in [7, 11) is 0. The highest BCUT2D eigenvalue weighted by Crippen LogP contribution is 2.60. The van der Waals surface area contributed by atoms with Crippen molar-refractivity contribution in [3.8, 4) is 0 Å². The first-order valence-electron chi connectivity index (χ1n) is 10.8. The first-order valence-corrected chi connectivity index (χ1v) is 12.5. The van der Waals surface area contributed by atoms with Gasteiger partial charge >= 0.3 is 0 Å². The third-order valence-electron chi connectivity index (χ3n) is 6.87. The van der Waals surface area contributed by atoms with Gasteiger partial charge in [-0.05, 0) is 87.5 Å². The van der Waals surface area contributed by atoms with Gasteiger partial charge < -0.3 is 10.6 Å². The van der Waals surface area contributed by atoms with Crippen LogP contribution in [0.15, 0.2) is 38.9 Å². The molecule has 4 bridgehead atoms. The molecule has 0 spiro atoms. The van der Waals surface area contributed by atoms with Crippen molar-refractivity contribution in [2.75, 3.05) is 11.9 Å². The van der Waals surface area contributed by atoms with Gasteiger partial charge in [-0.2, -0.15) is 0 Å². The summed E-state index contributed by atoms with van der Waals surface area (Å²) >= 11 is 3.25. The first kappa shape index (κ1) is 20.1. The second-order valence-electron chi connectivity index (χ2n) is 9.31. The van der Waals surface area contributed by atoms with Gasteiger partial charge in [0.1, 0.15) is 0 Å². The van der Waals surface area contributed by atoms with Gasteiger partial charge in [0.2, 0.25) is 11.8 Å². The number of hydrogen-bond acceptors (Lipinski definition) is 5.